The Morgan fingerprint density at radius 1 is 1.05 bits per heavy atom. The molecule has 0 saturated heterocycles. The number of rotatable bonds is 12. The molecule has 0 bridgehead atoms. The van der Waals surface area contributed by atoms with Crippen LogP contribution >= 0.6 is 0 Å². The standard InChI is InChI=1S/C20H39N/c1-4-7-9-10-11-13-20(21-6-3)19-16-14-18(15-17-19)12-8-5-2/h4,18-21H,1,5-17H2,2-3H3. The van der Waals surface area contributed by atoms with Gasteiger partial charge < -0.3 is 5.32 Å². The van der Waals surface area contributed by atoms with Crippen LogP contribution in [-0.4, -0.2) is 12.6 Å². The third-order valence-electron chi connectivity index (χ3n) is 5.32. The Morgan fingerprint density at radius 3 is 2.43 bits per heavy atom. The van der Waals surface area contributed by atoms with Gasteiger partial charge in [-0.1, -0.05) is 64.9 Å². The molecule has 0 radical (unpaired) electrons. The lowest BCUT2D eigenvalue weighted by atomic mass is 9.76. The molecule has 0 spiro atoms. The second-order valence-electron chi connectivity index (χ2n) is 7.01. The maximum atomic E-state index is 3.81. The van der Waals surface area contributed by atoms with Gasteiger partial charge in [-0.3, -0.25) is 0 Å². The van der Waals surface area contributed by atoms with Crippen molar-refractivity contribution in [1.82, 2.24) is 5.32 Å². The van der Waals surface area contributed by atoms with E-state index in [1.165, 1.54) is 77.0 Å². The first-order valence-electron chi connectivity index (χ1n) is 9.66. The molecule has 1 nitrogen and oxygen atoms in total. The molecule has 1 aliphatic rings. The fourth-order valence-electron chi connectivity index (χ4n) is 3.97. The molecule has 0 aromatic rings. The summed E-state index contributed by atoms with van der Waals surface area (Å²) < 4.78 is 0. The van der Waals surface area contributed by atoms with Crippen LogP contribution in [0.15, 0.2) is 12.7 Å². The zero-order valence-electron chi connectivity index (χ0n) is 14.7. The minimum atomic E-state index is 0.783. The minimum absolute atomic E-state index is 0.783. The molecular weight excluding hydrogens is 254 g/mol. The van der Waals surface area contributed by atoms with Gasteiger partial charge in [0, 0.05) is 6.04 Å². The van der Waals surface area contributed by atoms with Crippen molar-refractivity contribution < 1.29 is 0 Å². The first-order valence-corrected chi connectivity index (χ1v) is 9.66. The van der Waals surface area contributed by atoms with Gasteiger partial charge in [0.05, 0.1) is 0 Å². The molecule has 0 heterocycles. The lowest BCUT2D eigenvalue weighted by molar-refractivity contribution is 0.205. The summed E-state index contributed by atoms with van der Waals surface area (Å²) in [4.78, 5) is 0. The van der Waals surface area contributed by atoms with Gasteiger partial charge in [0.15, 0.2) is 0 Å². The zero-order valence-corrected chi connectivity index (χ0v) is 14.7. The second-order valence-corrected chi connectivity index (χ2v) is 7.01. The largest absolute Gasteiger partial charge is 0.314 e. The number of hydrogen-bond acceptors (Lipinski definition) is 1. The van der Waals surface area contributed by atoms with Crippen LogP contribution in [0.25, 0.3) is 0 Å². The lowest BCUT2D eigenvalue weighted by Crippen LogP contribution is -2.38. The molecule has 1 unspecified atom stereocenters. The highest BCUT2D eigenvalue weighted by Crippen LogP contribution is 2.34. The maximum absolute atomic E-state index is 3.81. The normalized spacial score (nSPS) is 23.9. The summed E-state index contributed by atoms with van der Waals surface area (Å²) in [7, 11) is 0. The van der Waals surface area contributed by atoms with Crippen molar-refractivity contribution in [2.45, 2.75) is 96.9 Å². The molecule has 0 aromatic heterocycles. The minimum Gasteiger partial charge on any atom is -0.314 e. The van der Waals surface area contributed by atoms with E-state index in [9.17, 15) is 0 Å². The lowest BCUT2D eigenvalue weighted by Gasteiger charge is -2.34. The maximum Gasteiger partial charge on any atom is 0.00952 e. The van der Waals surface area contributed by atoms with Crippen molar-refractivity contribution in [3.8, 4) is 0 Å². The van der Waals surface area contributed by atoms with Gasteiger partial charge >= 0.3 is 0 Å². The van der Waals surface area contributed by atoms with Gasteiger partial charge in [0.25, 0.3) is 0 Å². The number of hydrogen-bond donors (Lipinski definition) is 1. The molecule has 1 fully saturated rings. The van der Waals surface area contributed by atoms with Crippen LogP contribution in [0.3, 0.4) is 0 Å². The Morgan fingerprint density at radius 2 is 1.81 bits per heavy atom. The number of nitrogens with one attached hydrogen (secondary N) is 1. The summed E-state index contributed by atoms with van der Waals surface area (Å²) in [5.41, 5.74) is 0. The smallest absolute Gasteiger partial charge is 0.00952 e. The van der Waals surface area contributed by atoms with Gasteiger partial charge in [-0.15, -0.1) is 6.58 Å². The van der Waals surface area contributed by atoms with Crippen molar-refractivity contribution >= 4 is 0 Å². The predicted octanol–water partition coefficient (Wildman–Crippen LogP) is 6.10. The summed E-state index contributed by atoms with van der Waals surface area (Å²) in [6.07, 6.45) is 18.9. The van der Waals surface area contributed by atoms with E-state index in [0.29, 0.717) is 0 Å². The molecule has 1 N–H and O–H groups in total. The Hall–Kier alpha value is -0.300. The summed E-state index contributed by atoms with van der Waals surface area (Å²) >= 11 is 0. The third kappa shape index (κ3) is 8.04. The molecule has 21 heavy (non-hydrogen) atoms. The van der Waals surface area contributed by atoms with Crippen molar-refractivity contribution in [1.29, 1.82) is 0 Å². The summed E-state index contributed by atoms with van der Waals surface area (Å²) in [6.45, 7) is 9.52. The Kier molecular flexibility index (Phi) is 10.9. The zero-order chi connectivity index (χ0) is 15.3. The fraction of sp³-hybridized carbons (Fsp3) is 0.900. The molecular formula is C20H39N. The molecule has 0 aliphatic heterocycles. The SMILES string of the molecule is C=CCCCCCC(NCC)C1CCC(CCCC)CC1. The molecule has 0 aromatic carbocycles. The van der Waals surface area contributed by atoms with Gasteiger partial charge in [0.1, 0.15) is 0 Å². The molecule has 1 aliphatic carbocycles. The van der Waals surface area contributed by atoms with Crippen LogP contribution in [0.2, 0.25) is 0 Å². The molecule has 0 amide bonds. The van der Waals surface area contributed by atoms with Gasteiger partial charge in [-0.25, -0.2) is 0 Å². The van der Waals surface area contributed by atoms with Crippen molar-refractivity contribution in [2.24, 2.45) is 11.8 Å². The van der Waals surface area contributed by atoms with Crippen LogP contribution in [0, 0.1) is 11.8 Å². The van der Waals surface area contributed by atoms with E-state index >= 15 is 0 Å². The monoisotopic (exact) mass is 293 g/mol. The van der Waals surface area contributed by atoms with Crippen LogP contribution in [0.4, 0.5) is 0 Å². The number of allylic oxidation sites excluding steroid dienone is 1. The Bertz CT molecular complexity index is 240. The van der Waals surface area contributed by atoms with E-state index in [-0.39, 0.29) is 0 Å². The molecule has 124 valence electrons. The predicted molar refractivity (Wildman–Crippen MR) is 95.7 cm³/mol. The van der Waals surface area contributed by atoms with E-state index in [0.717, 1.165) is 24.4 Å². The average Bonchev–Trinajstić information content (AvgIpc) is 2.52. The average molecular weight is 294 g/mol. The topological polar surface area (TPSA) is 12.0 Å². The van der Waals surface area contributed by atoms with Crippen LogP contribution in [-0.2, 0) is 0 Å². The quantitative estimate of drug-likeness (QED) is 0.339. The van der Waals surface area contributed by atoms with Crippen molar-refractivity contribution in [3.63, 3.8) is 0 Å². The van der Waals surface area contributed by atoms with Crippen molar-refractivity contribution in [3.05, 3.63) is 12.7 Å². The van der Waals surface area contributed by atoms with Gasteiger partial charge in [-0.2, -0.15) is 0 Å². The Balaban J connectivity index is 2.24. The highest BCUT2D eigenvalue weighted by Gasteiger charge is 2.26. The molecule has 1 rings (SSSR count). The second kappa shape index (κ2) is 12.3. The van der Waals surface area contributed by atoms with Crippen LogP contribution < -0.4 is 5.32 Å². The summed E-state index contributed by atoms with van der Waals surface area (Å²) in [5.74, 6) is 1.98. The van der Waals surface area contributed by atoms with E-state index in [1.807, 2.05) is 0 Å². The summed E-state index contributed by atoms with van der Waals surface area (Å²) in [6, 6.07) is 0.783. The first kappa shape index (κ1) is 18.7. The molecule has 1 atom stereocenters. The number of unbranched alkanes of at least 4 members (excludes halogenated alkanes) is 4. The van der Waals surface area contributed by atoms with Gasteiger partial charge in [0.2, 0.25) is 0 Å². The van der Waals surface area contributed by atoms with Gasteiger partial charge in [-0.05, 0) is 50.5 Å². The van der Waals surface area contributed by atoms with E-state index < -0.39 is 0 Å². The molecule has 1 saturated carbocycles. The summed E-state index contributed by atoms with van der Waals surface area (Å²) in [5, 5.41) is 3.78. The van der Waals surface area contributed by atoms with Crippen molar-refractivity contribution in [2.75, 3.05) is 6.54 Å². The Labute approximate surface area is 134 Å². The highest BCUT2D eigenvalue weighted by atomic mass is 14.9. The van der Waals surface area contributed by atoms with E-state index in [4.69, 9.17) is 0 Å². The molecule has 1 heteroatoms. The van der Waals surface area contributed by atoms with E-state index in [2.05, 4.69) is 31.8 Å². The first-order chi connectivity index (χ1) is 10.3. The van der Waals surface area contributed by atoms with Crippen LogP contribution in [0.5, 0.6) is 0 Å². The van der Waals surface area contributed by atoms with Crippen LogP contribution in [0.1, 0.15) is 90.9 Å². The third-order valence-corrected chi connectivity index (χ3v) is 5.32. The van der Waals surface area contributed by atoms with E-state index in [1.54, 1.807) is 0 Å². The fourth-order valence-corrected chi connectivity index (χ4v) is 3.97. The highest BCUT2D eigenvalue weighted by molar-refractivity contribution is 4.82.